The number of aryl methyl sites for hydroxylation is 1. The van der Waals surface area contributed by atoms with Crippen LogP contribution in [0.15, 0.2) is 54.9 Å². The number of hydrogen-bond acceptors (Lipinski definition) is 5. The first kappa shape index (κ1) is 18.2. The monoisotopic (exact) mass is 364 g/mol. The van der Waals surface area contributed by atoms with Crippen LogP contribution in [0, 0.1) is 0 Å². The molecule has 0 radical (unpaired) electrons. The van der Waals surface area contributed by atoms with Crippen LogP contribution in [0.4, 0.5) is 0 Å². The molecule has 2 amide bonds. The van der Waals surface area contributed by atoms with E-state index in [1.54, 1.807) is 31.2 Å². The van der Waals surface area contributed by atoms with Gasteiger partial charge in [-0.05, 0) is 59.2 Å². The summed E-state index contributed by atoms with van der Waals surface area (Å²) in [5, 5.41) is 10.9. The van der Waals surface area contributed by atoms with E-state index in [0.717, 1.165) is 17.7 Å². The molecular weight excluding hydrogens is 344 g/mol. The Morgan fingerprint density at radius 3 is 2.33 bits per heavy atom. The number of carbonyl (C=O) groups excluding carboxylic acids is 2. The van der Waals surface area contributed by atoms with Gasteiger partial charge in [0.15, 0.2) is 0 Å². The lowest BCUT2D eigenvalue weighted by atomic mass is 9.99. The van der Waals surface area contributed by atoms with E-state index in [1.807, 2.05) is 24.3 Å². The van der Waals surface area contributed by atoms with Crippen molar-refractivity contribution in [1.29, 1.82) is 0 Å². The largest absolute Gasteiger partial charge is 0.273 e. The molecule has 0 saturated carbocycles. The molecule has 1 heterocycles. The topological polar surface area (TPSA) is 102 Å². The van der Waals surface area contributed by atoms with Gasteiger partial charge in [0.2, 0.25) is 5.91 Å². The Hall–Kier alpha value is -3.55. The van der Waals surface area contributed by atoms with Crippen LogP contribution in [-0.2, 0) is 11.2 Å². The van der Waals surface area contributed by atoms with Gasteiger partial charge in [0.25, 0.3) is 5.91 Å². The fourth-order valence-electron chi connectivity index (χ4n) is 2.54. The van der Waals surface area contributed by atoms with Crippen LogP contribution in [0.25, 0.3) is 5.69 Å². The van der Waals surface area contributed by atoms with Crippen LogP contribution in [-0.4, -0.2) is 32.0 Å². The van der Waals surface area contributed by atoms with Crippen LogP contribution in [0.3, 0.4) is 0 Å². The summed E-state index contributed by atoms with van der Waals surface area (Å²) in [6.45, 7) is 3.87. The first-order chi connectivity index (χ1) is 13.1. The molecule has 1 aromatic heterocycles. The van der Waals surface area contributed by atoms with Crippen molar-refractivity contribution in [3.05, 3.63) is 71.5 Å². The first-order valence-corrected chi connectivity index (χ1v) is 8.61. The summed E-state index contributed by atoms with van der Waals surface area (Å²) in [6, 6.07) is 14.6. The van der Waals surface area contributed by atoms with E-state index in [1.165, 1.54) is 16.6 Å². The molecule has 0 aliphatic carbocycles. The Morgan fingerprint density at radius 1 is 1.04 bits per heavy atom. The van der Waals surface area contributed by atoms with Crippen molar-refractivity contribution in [2.75, 3.05) is 0 Å². The summed E-state index contributed by atoms with van der Waals surface area (Å²) in [4.78, 5) is 24.5. The lowest BCUT2D eigenvalue weighted by Crippen LogP contribution is -2.43. The van der Waals surface area contributed by atoms with Gasteiger partial charge in [0, 0.05) is 5.56 Å². The maximum Gasteiger partial charge on any atom is 0.269 e. The zero-order chi connectivity index (χ0) is 19.2. The molecule has 1 unspecified atom stereocenters. The highest BCUT2D eigenvalue weighted by Gasteiger charge is 2.16. The van der Waals surface area contributed by atoms with E-state index < -0.39 is 5.91 Å². The van der Waals surface area contributed by atoms with Crippen LogP contribution < -0.4 is 10.9 Å². The molecule has 2 aromatic carbocycles. The Morgan fingerprint density at radius 2 is 1.74 bits per heavy atom. The minimum atomic E-state index is -0.403. The maximum absolute atomic E-state index is 12.3. The van der Waals surface area contributed by atoms with Crippen molar-refractivity contribution in [2.24, 2.45) is 0 Å². The number of nitrogens with one attached hydrogen (secondary N) is 2. The highest BCUT2D eigenvalue weighted by Crippen LogP contribution is 2.16. The van der Waals surface area contributed by atoms with Crippen molar-refractivity contribution < 1.29 is 9.59 Å². The van der Waals surface area contributed by atoms with Gasteiger partial charge in [0.05, 0.1) is 11.6 Å². The van der Waals surface area contributed by atoms with E-state index >= 15 is 0 Å². The summed E-state index contributed by atoms with van der Waals surface area (Å²) >= 11 is 0. The number of tetrazole rings is 1. The van der Waals surface area contributed by atoms with Gasteiger partial charge in [-0.25, -0.2) is 4.68 Å². The number of rotatable bonds is 5. The number of nitrogens with zero attached hydrogens (tertiary/aromatic N) is 4. The fraction of sp³-hybridized carbons (Fsp3) is 0.211. The van der Waals surface area contributed by atoms with Gasteiger partial charge in [-0.15, -0.1) is 5.10 Å². The lowest BCUT2D eigenvalue weighted by Gasteiger charge is -2.14. The average Bonchev–Trinajstić information content (AvgIpc) is 3.26. The Balaban J connectivity index is 1.56. The molecule has 0 aliphatic heterocycles. The fourth-order valence-corrected chi connectivity index (χ4v) is 2.54. The Labute approximate surface area is 156 Å². The molecule has 0 fully saturated rings. The molecule has 0 saturated heterocycles. The van der Waals surface area contributed by atoms with Crippen LogP contribution in [0.1, 0.15) is 41.3 Å². The summed E-state index contributed by atoms with van der Waals surface area (Å²) in [5.41, 5.74) is 8.16. The minimum absolute atomic E-state index is 0.280. The molecule has 138 valence electrons. The number of hydrogen-bond donors (Lipinski definition) is 2. The van der Waals surface area contributed by atoms with Crippen molar-refractivity contribution >= 4 is 11.8 Å². The number of carbonyl (C=O) groups is 2. The Kier molecular flexibility index (Phi) is 5.55. The predicted molar refractivity (Wildman–Crippen MR) is 99.0 cm³/mol. The highest BCUT2D eigenvalue weighted by molar-refractivity contribution is 5.96. The maximum atomic E-state index is 12.3. The van der Waals surface area contributed by atoms with Gasteiger partial charge in [0.1, 0.15) is 6.33 Å². The predicted octanol–water partition coefficient (Wildman–Crippen LogP) is 1.79. The van der Waals surface area contributed by atoms with Gasteiger partial charge >= 0.3 is 0 Å². The second kappa shape index (κ2) is 8.22. The second-order valence-corrected chi connectivity index (χ2v) is 6.06. The van der Waals surface area contributed by atoms with Crippen LogP contribution in [0.5, 0.6) is 0 Å². The average molecular weight is 364 g/mol. The molecular formula is C19H20N6O2. The quantitative estimate of drug-likeness (QED) is 0.672. The standard InChI is InChI=1S/C19H20N6O2/c1-3-14-4-6-15(7-5-14)13(2)18(26)21-22-19(27)16-8-10-17(11-9-16)25-12-20-23-24-25/h4-13H,3H2,1-2H3,(H,21,26)(H,22,27). The van der Waals surface area contributed by atoms with Crippen LogP contribution in [0.2, 0.25) is 0 Å². The van der Waals surface area contributed by atoms with Gasteiger partial charge in [-0.2, -0.15) is 0 Å². The van der Waals surface area contributed by atoms with E-state index in [9.17, 15) is 9.59 Å². The van der Waals surface area contributed by atoms with E-state index in [0.29, 0.717) is 5.56 Å². The Bertz CT molecular complexity index is 904. The van der Waals surface area contributed by atoms with Gasteiger partial charge < -0.3 is 0 Å². The number of aromatic nitrogens is 4. The van der Waals surface area contributed by atoms with Crippen molar-refractivity contribution in [2.45, 2.75) is 26.2 Å². The summed E-state index contributed by atoms with van der Waals surface area (Å²) in [7, 11) is 0. The lowest BCUT2D eigenvalue weighted by molar-refractivity contribution is -0.123. The number of benzene rings is 2. The highest BCUT2D eigenvalue weighted by atomic mass is 16.2. The summed E-state index contributed by atoms with van der Waals surface area (Å²) in [5.74, 6) is -1.06. The third kappa shape index (κ3) is 4.35. The smallest absolute Gasteiger partial charge is 0.269 e. The third-order valence-electron chi connectivity index (χ3n) is 4.32. The molecule has 0 aliphatic rings. The molecule has 8 nitrogen and oxygen atoms in total. The van der Waals surface area contributed by atoms with E-state index in [2.05, 4.69) is 33.3 Å². The zero-order valence-electron chi connectivity index (χ0n) is 15.1. The van der Waals surface area contributed by atoms with Gasteiger partial charge in [-0.1, -0.05) is 31.2 Å². The first-order valence-electron chi connectivity index (χ1n) is 8.61. The molecule has 2 N–H and O–H groups in total. The normalized spacial score (nSPS) is 11.6. The molecule has 3 aromatic rings. The van der Waals surface area contributed by atoms with Crippen LogP contribution >= 0.6 is 0 Å². The molecule has 0 spiro atoms. The third-order valence-corrected chi connectivity index (χ3v) is 4.32. The molecule has 1 atom stereocenters. The number of amides is 2. The van der Waals surface area contributed by atoms with Crippen molar-refractivity contribution in [3.63, 3.8) is 0 Å². The van der Waals surface area contributed by atoms with Crippen molar-refractivity contribution in [1.82, 2.24) is 31.1 Å². The molecule has 27 heavy (non-hydrogen) atoms. The molecule has 3 rings (SSSR count). The second-order valence-electron chi connectivity index (χ2n) is 6.06. The molecule has 8 heteroatoms. The SMILES string of the molecule is CCc1ccc(C(C)C(=O)NNC(=O)c2ccc(-n3cnnn3)cc2)cc1. The van der Waals surface area contributed by atoms with E-state index in [4.69, 9.17) is 0 Å². The number of hydrazine groups is 1. The van der Waals surface area contributed by atoms with Crippen molar-refractivity contribution in [3.8, 4) is 5.69 Å². The van der Waals surface area contributed by atoms with E-state index in [-0.39, 0.29) is 11.8 Å². The summed E-state index contributed by atoms with van der Waals surface area (Å²) in [6.07, 6.45) is 2.41. The summed E-state index contributed by atoms with van der Waals surface area (Å²) < 4.78 is 1.48. The zero-order valence-corrected chi connectivity index (χ0v) is 15.1. The van der Waals surface area contributed by atoms with Gasteiger partial charge in [-0.3, -0.25) is 20.4 Å². The molecule has 0 bridgehead atoms. The minimum Gasteiger partial charge on any atom is -0.273 e.